The highest BCUT2D eigenvalue weighted by Gasteiger charge is 2.12. The van der Waals surface area contributed by atoms with E-state index in [1.807, 2.05) is 12.1 Å². The number of aliphatic carboxylic acids is 1. The summed E-state index contributed by atoms with van der Waals surface area (Å²) in [6, 6.07) is 3.73. The monoisotopic (exact) mass is 302 g/mol. The topological polar surface area (TPSA) is 55.8 Å². The van der Waals surface area contributed by atoms with Gasteiger partial charge in [-0.15, -0.1) is 0 Å². The Hall–Kier alpha value is -1.23. The van der Waals surface area contributed by atoms with Gasteiger partial charge in [0.25, 0.3) is 0 Å². The van der Waals surface area contributed by atoms with Gasteiger partial charge < -0.3 is 14.6 Å². The third-order valence-electron chi connectivity index (χ3n) is 2.40. The third kappa shape index (κ3) is 3.63. The number of hydrogen-bond donors (Lipinski definition) is 1. The summed E-state index contributed by atoms with van der Waals surface area (Å²) < 4.78 is 11.2. The van der Waals surface area contributed by atoms with Crippen LogP contribution in [0.15, 0.2) is 16.6 Å². The molecular formula is C12H15BrO4. The second-order valence-corrected chi connectivity index (χ2v) is 4.31. The quantitative estimate of drug-likeness (QED) is 0.878. The lowest BCUT2D eigenvalue weighted by atomic mass is 10.1. The van der Waals surface area contributed by atoms with Crippen LogP contribution in [0.1, 0.15) is 18.4 Å². The Bertz CT molecular complexity index is 404. The zero-order chi connectivity index (χ0) is 12.8. The van der Waals surface area contributed by atoms with Gasteiger partial charge in [0.15, 0.2) is 11.5 Å². The zero-order valence-electron chi connectivity index (χ0n) is 9.83. The Kier molecular flexibility index (Phi) is 5.28. The maximum absolute atomic E-state index is 10.4. The number of carboxylic acids is 1. The molecule has 0 aromatic heterocycles. The van der Waals surface area contributed by atoms with Crippen molar-refractivity contribution in [2.24, 2.45) is 0 Å². The summed E-state index contributed by atoms with van der Waals surface area (Å²) in [6.45, 7) is 0. The van der Waals surface area contributed by atoms with Crippen molar-refractivity contribution in [1.82, 2.24) is 0 Å². The van der Waals surface area contributed by atoms with Crippen LogP contribution in [0.2, 0.25) is 0 Å². The van der Waals surface area contributed by atoms with Gasteiger partial charge in [-0.1, -0.05) is 6.07 Å². The molecule has 0 aliphatic heterocycles. The number of ether oxygens (including phenoxy) is 2. The van der Waals surface area contributed by atoms with Gasteiger partial charge in [0.2, 0.25) is 0 Å². The highest BCUT2D eigenvalue weighted by molar-refractivity contribution is 9.10. The van der Waals surface area contributed by atoms with Crippen LogP contribution >= 0.6 is 15.9 Å². The Labute approximate surface area is 109 Å². The maximum Gasteiger partial charge on any atom is 0.303 e. The summed E-state index contributed by atoms with van der Waals surface area (Å²) in [7, 11) is 3.15. The lowest BCUT2D eigenvalue weighted by Crippen LogP contribution is -1.98. The van der Waals surface area contributed by atoms with E-state index in [4.69, 9.17) is 14.6 Å². The molecule has 0 spiro atoms. The van der Waals surface area contributed by atoms with E-state index in [0.717, 1.165) is 10.0 Å². The van der Waals surface area contributed by atoms with Crippen LogP contribution in [0.4, 0.5) is 0 Å². The van der Waals surface area contributed by atoms with Crippen molar-refractivity contribution in [1.29, 1.82) is 0 Å². The number of halogens is 1. The highest BCUT2D eigenvalue weighted by atomic mass is 79.9. The number of carbonyl (C=O) groups is 1. The van der Waals surface area contributed by atoms with Crippen LogP contribution < -0.4 is 9.47 Å². The van der Waals surface area contributed by atoms with Gasteiger partial charge in [0, 0.05) is 6.42 Å². The van der Waals surface area contributed by atoms with Crippen LogP contribution in [-0.4, -0.2) is 25.3 Å². The fraction of sp³-hybridized carbons (Fsp3) is 0.417. The van der Waals surface area contributed by atoms with E-state index in [2.05, 4.69) is 15.9 Å². The fourth-order valence-corrected chi connectivity index (χ4v) is 2.24. The van der Waals surface area contributed by atoms with Gasteiger partial charge in [0.05, 0.1) is 18.7 Å². The molecule has 1 aromatic carbocycles. The van der Waals surface area contributed by atoms with Crippen LogP contribution in [0, 0.1) is 0 Å². The predicted octanol–water partition coefficient (Wildman–Crippen LogP) is 2.87. The first-order chi connectivity index (χ1) is 8.10. The molecule has 1 N–H and O–H groups in total. The minimum atomic E-state index is -0.776. The van der Waals surface area contributed by atoms with Gasteiger partial charge in [-0.2, -0.15) is 0 Å². The Morgan fingerprint density at radius 2 is 2.06 bits per heavy atom. The molecule has 0 fully saturated rings. The zero-order valence-corrected chi connectivity index (χ0v) is 11.4. The van der Waals surface area contributed by atoms with Crippen molar-refractivity contribution in [2.45, 2.75) is 19.3 Å². The molecule has 4 nitrogen and oxygen atoms in total. The van der Waals surface area contributed by atoms with Gasteiger partial charge in [-0.3, -0.25) is 4.79 Å². The molecule has 94 valence electrons. The summed E-state index contributed by atoms with van der Waals surface area (Å²) >= 11 is 3.45. The van der Waals surface area contributed by atoms with Crippen molar-refractivity contribution in [2.75, 3.05) is 14.2 Å². The summed E-state index contributed by atoms with van der Waals surface area (Å²) in [5, 5.41) is 8.59. The van der Waals surface area contributed by atoms with Gasteiger partial charge in [-0.25, -0.2) is 0 Å². The number of rotatable bonds is 6. The number of benzene rings is 1. The Balaban J connectivity index is 2.83. The maximum atomic E-state index is 10.4. The van der Waals surface area contributed by atoms with Crippen LogP contribution in [-0.2, 0) is 11.2 Å². The second kappa shape index (κ2) is 6.49. The van der Waals surface area contributed by atoms with Crippen molar-refractivity contribution in [3.8, 4) is 11.5 Å². The Morgan fingerprint density at radius 1 is 1.35 bits per heavy atom. The SMILES string of the molecule is COc1ccc(CCCC(=O)O)c(Br)c1OC. The minimum Gasteiger partial charge on any atom is -0.493 e. The summed E-state index contributed by atoms with van der Waals surface area (Å²) in [6.07, 6.45) is 1.46. The molecule has 0 atom stereocenters. The van der Waals surface area contributed by atoms with Crippen molar-refractivity contribution < 1.29 is 19.4 Å². The average Bonchev–Trinajstić information content (AvgIpc) is 2.30. The molecule has 0 bridgehead atoms. The minimum absolute atomic E-state index is 0.167. The summed E-state index contributed by atoms with van der Waals surface area (Å²) in [5.74, 6) is 0.517. The molecule has 17 heavy (non-hydrogen) atoms. The Morgan fingerprint density at radius 3 is 2.59 bits per heavy atom. The fourth-order valence-electron chi connectivity index (χ4n) is 1.55. The molecule has 0 saturated carbocycles. The van der Waals surface area contributed by atoms with Crippen molar-refractivity contribution in [3.63, 3.8) is 0 Å². The molecule has 1 rings (SSSR count). The molecule has 0 heterocycles. The van der Waals surface area contributed by atoms with Crippen LogP contribution in [0.5, 0.6) is 11.5 Å². The number of carboxylic acid groups (broad SMARTS) is 1. The molecular weight excluding hydrogens is 288 g/mol. The molecule has 0 aliphatic rings. The van der Waals surface area contributed by atoms with E-state index in [1.54, 1.807) is 14.2 Å². The first-order valence-electron chi connectivity index (χ1n) is 5.21. The van der Waals surface area contributed by atoms with E-state index >= 15 is 0 Å². The normalized spacial score (nSPS) is 10.1. The van der Waals surface area contributed by atoms with E-state index in [0.29, 0.717) is 24.3 Å². The third-order valence-corrected chi connectivity index (χ3v) is 3.27. The molecule has 0 unspecified atom stereocenters. The first kappa shape index (κ1) is 13.8. The predicted molar refractivity (Wildman–Crippen MR) is 67.8 cm³/mol. The number of hydrogen-bond acceptors (Lipinski definition) is 3. The molecule has 1 aromatic rings. The van der Waals surface area contributed by atoms with Crippen molar-refractivity contribution >= 4 is 21.9 Å². The van der Waals surface area contributed by atoms with E-state index < -0.39 is 5.97 Å². The number of aryl methyl sites for hydroxylation is 1. The van der Waals surface area contributed by atoms with Crippen LogP contribution in [0.3, 0.4) is 0 Å². The highest BCUT2D eigenvalue weighted by Crippen LogP contribution is 2.37. The lowest BCUT2D eigenvalue weighted by molar-refractivity contribution is -0.137. The smallest absolute Gasteiger partial charge is 0.303 e. The lowest BCUT2D eigenvalue weighted by Gasteiger charge is -2.12. The molecule has 0 aliphatic carbocycles. The van der Waals surface area contributed by atoms with Gasteiger partial charge in [0.1, 0.15) is 0 Å². The van der Waals surface area contributed by atoms with E-state index in [-0.39, 0.29) is 6.42 Å². The summed E-state index contributed by atoms with van der Waals surface area (Å²) in [5.41, 5.74) is 1.02. The first-order valence-corrected chi connectivity index (χ1v) is 6.00. The summed E-state index contributed by atoms with van der Waals surface area (Å²) in [4.78, 5) is 10.4. The molecule has 0 radical (unpaired) electrons. The van der Waals surface area contributed by atoms with Gasteiger partial charge >= 0.3 is 5.97 Å². The van der Waals surface area contributed by atoms with E-state index in [1.165, 1.54) is 0 Å². The molecule has 0 saturated heterocycles. The van der Waals surface area contributed by atoms with E-state index in [9.17, 15) is 4.79 Å². The second-order valence-electron chi connectivity index (χ2n) is 3.52. The van der Waals surface area contributed by atoms with Crippen LogP contribution in [0.25, 0.3) is 0 Å². The van der Waals surface area contributed by atoms with Gasteiger partial charge in [-0.05, 0) is 40.4 Å². The average molecular weight is 303 g/mol. The van der Waals surface area contributed by atoms with Crippen molar-refractivity contribution in [3.05, 3.63) is 22.2 Å². The molecule has 5 heteroatoms. The largest absolute Gasteiger partial charge is 0.493 e. The molecule has 0 amide bonds. The number of methoxy groups -OCH3 is 2. The standard InChI is InChI=1S/C12H15BrO4/c1-16-9-7-6-8(4-3-5-10(14)15)11(13)12(9)17-2/h6-7H,3-5H2,1-2H3,(H,14,15).